The van der Waals surface area contributed by atoms with E-state index in [0.717, 1.165) is 25.7 Å². The number of hydrogen-bond donors (Lipinski definition) is 2. The molecular weight excluding hydrogens is 372 g/mol. The predicted octanol–water partition coefficient (Wildman–Crippen LogP) is 2.43. The number of esters is 1. The van der Waals surface area contributed by atoms with Gasteiger partial charge in [-0.05, 0) is 67.6 Å². The van der Waals surface area contributed by atoms with Crippen molar-refractivity contribution in [3.63, 3.8) is 0 Å². The zero-order valence-corrected chi connectivity index (χ0v) is 17.8. The van der Waals surface area contributed by atoms with E-state index < -0.39 is 35.5 Å². The van der Waals surface area contributed by atoms with E-state index in [1.807, 2.05) is 6.92 Å². The number of carbonyl (C=O) groups is 3. The molecule has 8 atom stereocenters. The third-order valence-electron chi connectivity index (χ3n) is 9.43. The van der Waals surface area contributed by atoms with Crippen LogP contribution in [0.15, 0.2) is 0 Å². The van der Waals surface area contributed by atoms with Crippen LogP contribution in [-0.4, -0.2) is 46.1 Å². The van der Waals surface area contributed by atoms with Crippen LogP contribution in [0.4, 0.5) is 0 Å². The van der Waals surface area contributed by atoms with Gasteiger partial charge in [-0.15, -0.1) is 0 Å². The van der Waals surface area contributed by atoms with E-state index in [-0.39, 0.29) is 23.2 Å². The number of rotatable bonds is 3. The summed E-state index contributed by atoms with van der Waals surface area (Å²) in [5.74, 6) is 0.182. The van der Waals surface area contributed by atoms with Crippen molar-refractivity contribution >= 4 is 17.5 Å². The second-order valence-electron chi connectivity index (χ2n) is 10.6. The zero-order valence-electron chi connectivity index (χ0n) is 17.8. The maximum atomic E-state index is 12.9. The van der Waals surface area contributed by atoms with E-state index in [1.165, 1.54) is 6.92 Å². The molecule has 4 saturated carbocycles. The summed E-state index contributed by atoms with van der Waals surface area (Å²) in [5, 5.41) is 22.8. The molecule has 6 heteroatoms. The fourth-order valence-corrected chi connectivity index (χ4v) is 7.92. The highest BCUT2D eigenvalue weighted by atomic mass is 16.5. The third kappa shape index (κ3) is 2.93. The van der Waals surface area contributed by atoms with Crippen LogP contribution < -0.4 is 0 Å². The Morgan fingerprint density at radius 1 is 1.17 bits per heavy atom. The highest BCUT2D eigenvalue weighted by Gasteiger charge is 2.68. The van der Waals surface area contributed by atoms with Gasteiger partial charge in [-0.3, -0.25) is 14.4 Å². The monoisotopic (exact) mass is 406 g/mol. The van der Waals surface area contributed by atoms with E-state index in [0.29, 0.717) is 37.4 Å². The van der Waals surface area contributed by atoms with Crippen LogP contribution in [-0.2, 0) is 19.1 Å². The molecule has 4 aliphatic carbocycles. The smallest absolute Gasteiger partial charge is 0.303 e. The number of Topliss-reactive ketones (excluding diaryl/α,β-unsaturated/α-hetero) is 2. The third-order valence-corrected chi connectivity index (χ3v) is 9.43. The lowest BCUT2D eigenvalue weighted by Gasteiger charge is -2.62. The van der Waals surface area contributed by atoms with Gasteiger partial charge in [0.1, 0.15) is 11.4 Å². The molecule has 0 radical (unpaired) electrons. The largest absolute Gasteiger partial charge is 0.458 e. The van der Waals surface area contributed by atoms with Gasteiger partial charge in [0.15, 0.2) is 6.61 Å². The van der Waals surface area contributed by atoms with Gasteiger partial charge in [0.25, 0.3) is 0 Å². The van der Waals surface area contributed by atoms with Gasteiger partial charge < -0.3 is 14.9 Å². The van der Waals surface area contributed by atoms with Crippen molar-refractivity contribution < 1.29 is 29.3 Å². The Labute approximate surface area is 172 Å². The van der Waals surface area contributed by atoms with Crippen molar-refractivity contribution in [3.05, 3.63) is 0 Å². The number of fused-ring (bicyclic) bond motifs is 5. The first-order valence-electron chi connectivity index (χ1n) is 11.1. The molecule has 4 aliphatic rings. The molecule has 0 amide bonds. The summed E-state index contributed by atoms with van der Waals surface area (Å²) in [4.78, 5) is 36.1. The molecule has 162 valence electrons. The maximum Gasteiger partial charge on any atom is 0.303 e. The zero-order chi connectivity index (χ0) is 21.2. The Morgan fingerprint density at radius 3 is 2.59 bits per heavy atom. The van der Waals surface area contributed by atoms with Crippen LogP contribution in [0.3, 0.4) is 0 Å². The van der Waals surface area contributed by atoms with Gasteiger partial charge in [0.05, 0.1) is 6.10 Å². The molecule has 4 rings (SSSR count). The highest BCUT2D eigenvalue weighted by molar-refractivity contribution is 5.91. The minimum Gasteiger partial charge on any atom is -0.458 e. The first-order valence-corrected chi connectivity index (χ1v) is 11.1. The quantitative estimate of drug-likeness (QED) is 0.698. The van der Waals surface area contributed by atoms with Crippen LogP contribution in [0.25, 0.3) is 0 Å². The van der Waals surface area contributed by atoms with Crippen LogP contribution in [0.1, 0.15) is 72.1 Å². The summed E-state index contributed by atoms with van der Waals surface area (Å²) in [6, 6.07) is 0. The van der Waals surface area contributed by atoms with Gasteiger partial charge in [-0.25, -0.2) is 0 Å². The Hall–Kier alpha value is -1.27. The standard InChI is InChI=1S/C23H34O6/c1-13(24)29-12-19(27)23(28)9-7-17-16-5-4-14-10-15(25)6-8-21(14,2)20(16)18(26)11-22(17,23)3/h14,16-18,20,26,28H,4-12H2,1-3H3/t14-,16+,17+,18-,20-,21-,22-,23+/m0/s1. The minimum atomic E-state index is -1.57. The summed E-state index contributed by atoms with van der Waals surface area (Å²) in [7, 11) is 0. The molecule has 0 aromatic rings. The second-order valence-corrected chi connectivity index (χ2v) is 10.6. The summed E-state index contributed by atoms with van der Waals surface area (Å²) in [6.07, 6.45) is 4.81. The summed E-state index contributed by atoms with van der Waals surface area (Å²) in [6.45, 7) is 5.02. The summed E-state index contributed by atoms with van der Waals surface area (Å²) < 4.78 is 4.89. The van der Waals surface area contributed by atoms with Gasteiger partial charge in [-0.1, -0.05) is 13.8 Å². The van der Waals surface area contributed by atoms with Crippen LogP contribution >= 0.6 is 0 Å². The first-order chi connectivity index (χ1) is 13.5. The Bertz CT molecular complexity index is 733. The molecule has 4 fully saturated rings. The lowest BCUT2D eigenvalue weighted by atomic mass is 9.43. The lowest BCUT2D eigenvalue weighted by Crippen LogP contribution is -2.63. The molecule has 0 spiro atoms. The predicted molar refractivity (Wildman–Crippen MR) is 105 cm³/mol. The summed E-state index contributed by atoms with van der Waals surface area (Å²) in [5.41, 5.74) is -2.35. The fraction of sp³-hybridized carbons (Fsp3) is 0.870. The van der Waals surface area contributed by atoms with Gasteiger partial charge in [0.2, 0.25) is 5.78 Å². The van der Waals surface area contributed by atoms with Crippen molar-refractivity contribution in [2.45, 2.75) is 83.8 Å². The Kier molecular flexibility index (Phi) is 4.97. The molecule has 6 nitrogen and oxygen atoms in total. The number of ether oxygens (including phenoxy) is 1. The van der Waals surface area contributed by atoms with Crippen LogP contribution in [0.2, 0.25) is 0 Å². The van der Waals surface area contributed by atoms with Crippen molar-refractivity contribution in [2.75, 3.05) is 6.61 Å². The summed E-state index contributed by atoms with van der Waals surface area (Å²) >= 11 is 0. The number of ketones is 2. The molecule has 0 unspecified atom stereocenters. The van der Waals surface area contributed by atoms with Crippen molar-refractivity contribution in [1.82, 2.24) is 0 Å². The van der Waals surface area contributed by atoms with Crippen molar-refractivity contribution in [1.29, 1.82) is 0 Å². The second kappa shape index (κ2) is 6.88. The average Bonchev–Trinajstić information content (AvgIpc) is 2.91. The van der Waals surface area contributed by atoms with Crippen LogP contribution in [0.5, 0.6) is 0 Å². The molecule has 2 N–H and O–H groups in total. The van der Waals surface area contributed by atoms with E-state index >= 15 is 0 Å². The van der Waals surface area contributed by atoms with Crippen molar-refractivity contribution in [3.8, 4) is 0 Å². The SMILES string of the molecule is CC(=O)OCC(=O)[C@]1(O)CC[C@@H]2[C@H]3CC[C@H]4CC(=O)CC[C@]4(C)[C@@H]3[C@@H](O)C[C@@]21C. The molecule has 0 heterocycles. The normalized spacial score (nSPS) is 49.0. The number of aliphatic hydroxyl groups excluding tert-OH is 1. The lowest BCUT2D eigenvalue weighted by molar-refractivity contribution is -0.199. The molecular formula is C23H34O6. The van der Waals surface area contributed by atoms with Gasteiger partial charge >= 0.3 is 5.97 Å². The molecule has 29 heavy (non-hydrogen) atoms. The molecule has 0 saturated heterocycles. The van der Waals surface area contributed by atoms with Crippen molar-refractivity contribution in [2.24, 2.45) is 34.5 Å². The van der Waals surface area contributed by atoms with E-state index in [4.69, 9.17) is 4.74 Å². The van der Waals surface area contributed by atoms with Gasteiger partial charge in [0, 0.05) is 25.2 Å². The number of hydrogen-bond acceptors (Lipinski definition) is 6. The fourth-order valence-electron chi connectivity index (χ4n) is 7.92. The maximum absolute atomic E-state index is 12.9. The van der Waals surface area contributed by atoms with Crippen LogP contribution in [0, 0.1) is 34.5 Å². The number of carbonyl (C=O) groups excluding carboxylic acids is 3. The molecule has 0 aliphatic heterocycles. The first kappa shape index (κ1) is 21.0. The Balaban J connectivity index is 1.63. The van der Waals surface area contributed by atoms with E-state index in [9.17, 15) is 24.6 Å². The Morgan fingerprint density at radius 2 is 1.90 bits per heavy atom. The van der Waals surface area contributed by atoms with E-state index in [1.54, 1.807) is 0 Å². The van der Waals surface area contributed by atoms with Gasteiger partial charge in [-0.2, -0.15) is 0 Å². The molecule has 0 bridgehead atoms. The van der Waals surface area contributed by atoms with E-state index in [2.05, 4.69) is 6.92 Å². The number of aliphatic hydroxyl groups is 2. The average molecular weight is 407 g/mol. The highest BCUT2D eigenvalue weighted by Crippen LogP contribution is 2.68. The molecule has 0 aromatic heterocycles. The minimum absolute atomic E-state index is 0.0555. The molecule has 0 aromatic carbocycles. The topological polar surface area (TPSA) is 101 Å².